The summed E-state index contributed by atoms with van der Waals surface area (Å²) in [5.74, 6) is -0.274. The van der Waals surface area contributed by atoms with E-state index in [1.54, 1.807) is 41.2 Å². The Morgan fingerprint density at radius 1 is 1.00 bits per heavy atom. The third kappa shape index (κ3) is 7.03. The molecule has 4 unspecified atom stereocenters. The average molecular weight is 767 g/mol. The molecule has 2 fully saturated rings. The van der Waals surface area contributed by atoms with E-state index in [1.807, 2.05) is 26.8 Å². The Kier molecular flexibility index (Phi) is 11.0. The number of aliphatic hydroxyl groups excluding tert-OH is 2. The molecule has 2 aliphatic rings. The smallest absolute Gasteiger partial charge is 0.338 e. The number of halogens is 1. The molecular formula is C35H43ClN10O8. The second-order valence-electron chi connectivity index (χ2n) is 13.4. The van der Waals surface area contributed by atoms with E-state index in [4.69, 9.17) is 42.0 Å². The Morgan fingerprint density at radius 3 is 2.24 bits per heavy atom. The molecule has 7 rings (SSSR count). The minimum Gasteiger partial charge on any atom is -0.476 e. The first kappa shape index (κ1) is 38.7. The number of hydrogen-bond donors (Lipinski definition) is 5. The highest BCUT2D eigenvalue weighted by molar-refractivity contribution is 6.33. The Morgan fingerprint density at radius 2 is 1.61 bits per heavy atom. The Balaban J connectivity index is 0.000000186. The summed E-state index contributed by atoms with van der Waals surface area (Å²) >= 11 is 6.17. The van der Waals surface area contributed by atoms with E-state index in [9.17, 15) is 20.1 Å². The molecule has 8 atom stereocenters. The minimum absolute atomic E-state index is 0.0280. The fourth-order valence-corrected chi connectivity index (χ4v) is 6.88. The van der Waals surface area contributed by atoms with Gasteiger partial charge in [-0.3, -0.25) is 9.13 Å². The third-order valence-electron chi connectivity index (χ3n) is 9.78. The van der Waals surface area contributed by atoms with Crippen LogP contribution >= 0.6 is 11.6 Å². The van der Waals surface area contributed by atoms with E-state index in [1.165, 1.54) is 17.8 Å². The van der Waals surface area contributed by atoms with Crippen LogP contribution in [0.25, 0.3) is 22.3 Å². The number of hydrogen-bond acceptors (Lipinski definition) is 16. The molecule has 0 aliphatic carbocycles. The summed E-state index contributed by atoms with van der Waals surface area (Å²) in [5, 5.41) is 30.2. The highest BCUT2D eigenvalue weighted by atomic mass is 35.5. The van der Waals surface area contributed by atoms with Crippen molar-refractivity contribution in [1.82, 2.24) is 39.0 Å². The highest BCUT2D eigenvalue weighted by Gasteiger charge is 2.55. The van der Waals surface area contributed by atoms with Crippen LogP contribution in [0.15, 0.2) is 55.6 Å². The zero-order valence-electron chi connectivity index (χ0n) is 30.1. The van der Waals surface area contributed by atoms with Crippen molar-refractivity contribution in [2.75, 3.05) is 24.7 Å². The van der Waals surface area contributed by atoms with Crippen LogP contribution in [0, 0.1) is 5.92 Å². The first-order valence-electron chi connectivity index (χ1n) is 17.2. The van der Waals surface area contributed by atoms with Crippen molar-refractivity contribution in [2.45, 2.75) is 82.5 Å². The second kappa shape index (κ2) is 15.4. The molecular weight excluding hydrogens is 724 g/mol. The van der Waals surface area contributed by atoms with Crippen LogP contribution in [0.3, 0.4) is 0 Å². The molecule has 0 spiro atoms. The van der Waals surface area contributed by atoms with Gasteiger partial charge in [-0.1, -0.05) is 49.7 Å². The minimum atomic E-state index is -1.66. The van der Waals surface area contributed by atoms with E-state index in [2.05, 4.69) is 36.5 Å². The van der Waals surface area contributed by atoms with Gasteiger partial charge in [-0.15, -0.1) is 6.58 Å². The first-order chi connectivity index (χ1) is 25.7. The topological polar surface area (TPSA) is 254 Å². The van der Waals surface area contributed by atoms with E-state index in [0.29, 0.717) is 35.3 Å². The predicted octanol–water partition coefficient (Wildman–Crippen LogP) is 2.99. The van der Waals surface area contributed by atoms with Gasteiger partial charge in [0.25, 0.3) is 0 Å². The summed E-state index contributed by atoms with van der Waals surface area (Å²) in [7, 11) is 0. The molecule has 6 heterocycles. The van der Waals surface area contributed by atoms with E-state index in [0.717, 1.165) is 6.42 Å². The van der Waals surface area contributed by atoms with Gasteiger partial charge >= 0.3 is 5.97 Å². The molecule has 288 valence electrons. The van der Waals surface area contributed by atoms with Crippen LogP contribution in [-0.4, -0.2) is 103 Å². The number of anilines is 2. The molecule has 7 N–H and O–H groups in total. The van der Waals surface area contributed by atoms with Gasteiger partial charge < -0.3 is 45.7 Å². The lowest BCUT2D eigenvalue weighted by Gasteiger charge is -2.33. The Labute approximate surface area is 314 Å². The molecule has 0 bridgehead atoms. The van der Waals surface area contributed by atoms with Crippen LogP contribution in [0.5, 0.6) is 5.88 Å². The Hall–Kier alpha value is -4.98. The SMILES string of the molecule is C=CCCOc1nc(N)nc2c1ncn2C1OC(CO)[C@@H](O)[C@@]1(C)O.CCC1OC(n2cnc3c(Cl)nc(N)nc32)[C@](C)(OC(=O)c2ccccc2)[C@@H]1C. The molecule has 2 saturated heterocycles. The Bertz CT molecular complexity index is 2130. The van der Waals surface area contributed by atoms with Crippen LogP contribution in [-0.2, 0) is 14.2 Å². The lowest BCUT2D eigenvalue weighted by molar-refractivity contribution is -0.0950. The van der Waals surface area contributed by atoms with Gasteiger partial charge in [-0.2, -0.15) is 19.9 Å². The van der Waals surface area contributed by atoms with Crippen molar-refractivity contribution >= 4 is 51.8 Å². The van der Waals surface area contributed by atoms with Crippen molar-refractivity contribution in [1.29, 1.82) is 0 Å². The molecule has 1 aromatic carbocycles. The number of rotatable bonds is 10. The number of aromatic nitrogens is 8. The van der Waals surface area contributed by atoms with Gasteiger partial charge in [0.15, 0.2) is 40.0 Å². The average Bonchev–Trinajstić information content (AvgIpc) is 3.87. The number of esters is 1. The quantitative estimate of drug-likeness (QED) is 0.0593. The van der Waals surface area contributed by atoms with Crippen molar-refractivity contribution in [3.05, 3.63) is 66.4 Å². The van der Waals surface area contributed by atoms with E-state index in [-0.39, 0.29) is 40.6 Å². The second-order valence-corrected chi connectivity index (χ2v) is 13.7. The summed E-state index contributed by atoms with van der Waals surface area (Å²) in [6.45, 7) is 10.9. The standard InChI is InChI=1S/C20H22ClN5O3.C15H21N5O5/c1-4-13-11(2)20(3,29-17(27)12-8-6-5-7-9-12)18(28-13)26-10-23-14-15(21)24-19(22)25-16(14)26;1-3-4-5-24-12-9-11(18-14(16)19-12)20(7-17-9)13-15(2,23)10(22)8(6-21)25-13/h5-11,13,18H,4H2,1-3H3,(H2,22,24,25);3,7-8,10,13,21-23H,1,4-6H2,2H3,(H2,16,18,19)/t11-,13?,18?,20-;8?,10-,13?,15-/m11/s1. The fourth-order valence-electron chi connectivity index (χ4n) is 6.66. The van der Waals surface area contributed by atoms with Gasteiger partial charge in [0.05, 0.1) is 37.5 Å². The maximum atomic E-state index is 12.9. The number of fused-ring (bicyclic) bond motifs is 2. The lowest BCUT2D eigenvalue weighted by Crippen LogP contribution is -2.44. The summed E-state index contributed by atoms with van der Waals surface area (Å²) in [6.07, 6.45) is 2.07. The summed E-state index contributed by atoms with van der Waals surface area (Å²) < 4.78 is 26.7. The maximum Gasteiger partial charge on any atom is 0.338 e. The number of imidazole rings is 2. The van der Waals surface area contributed by atoms with E-state index >= 15 is 0 Å². The number of ether oxygens (including phenoxy) is 4. The van der Waals surface area contributed by atoms with Crippen LogP contribution < -0.4 is 16.2 Å². The first-order valence-corrected chi connectivity index (χ1v) is 17.6. The lowest BCUT2D eigenvalue weighted by atomic mass is 9.86. The van der Waals surface area contributed by atoms with Crippen LogP contribution in [0.1, 0.15) is 63.4 Å². The van der Waals surface area contributed by atoms with E-state index < -0.39 is 48.4 Å². The molecule has 54 heavy (non-hydrogen) atoms. The van der Waals surface area contributed by atoms with Crippen LogP contribution in [0.4, 0.5) is 11.9 Å². The number of nitrogens with zero attached hydrogens (tertiary/aromatic N) is 8. The monoisotopic (exact) mass is 766 g/mol. The number of nitrogens with two attached hydrogens (primary N) is 2. The van der Waals surface area contributed by atoms with Gasteiger partial charge in [-0.25, -0.2) is 14.8 Å². The van der Waals surface area contributed by atoms with Crippen molar-refractivity contribution < 1.29 is 39.1 Å². The molecule has 4 aromatic heterocycles. The van der Waals surface area contributed by atoms with Gasteiger partial charge in [0.2, 0.25) is 17.8 Å². The zero-order valence-corrected chi connectivity index (χ0v) is 30.9. The van der Waals surface area contributed by atoms with Gasteiger partial charge in [-0.05, 0) is 38.8 Å². The number of carbonyl (C=O) groups excluding carboxylic acids is 1. The van der Waals surface area contributed by atoms with Crippen molar-refractivity contribution in [2.24, 2.45) is 5.92 Å². The number of aliphatic hydroxyl groups is 3. The molecule has 2 aliphatic heterocycles. The normalized spacial score (nSPS) is 27.9. The molecule has 19 heteroatoms. The maximum absolute atomic E-state index is 12.9. The highest BCUT2D eigenvalue weighted by Crippen LogP contribution is 2.47. The number of carbonyl (C=O) groups is 1. The molecule has 0 saturated carbocycles. The zero-order chi connectivity index (χ0) is 38.9. The largest absolute Gasteiger partial charge is 0.476 e. The van der Waals surface area contributed by atoms with Gasteiger partial charge in [0.1, 0.15) is 23.3 Å². The third-order valence-corrected chi connectivity index (χ3v) is 10.0. The van der Waals surface area contributed by atoms with Crippen molar-refractivity contribution in [3.63, 3.8) is 0 Å². The summed E-state index contributed by atoms with van der Waals surface area (Å²) in [4.78, 5) is 37.8. The van der Waals surface area contributed by atoms with Crippen LogP contribution in [0.2, 0.25) is 5.15 Å². The molecule has 0 amide bonds. The van der Waals surface area contributed by atoms with Crippen molar-refractivity contribution in [3.8, 4) is 5.88 Å². The molecule has 18 nitrogen and oxygen atoms in total. The number of nitrogen functional groups attached to an aromatic ring is 2. The molecule has 5 aromatic rings. The number of benzene rings is 1. The molecule has 0 radical (unpaired) electrons. The predicted molar refractivity (Wildman–Crippen MR) is 196 cm³/mol. The summed E-state index contributed by atoms with van der Waals surface area (Å²) in [6, 6.07) is 8.88. The summed E-state index contributed by atoms with van der Waals surface area (Å²) in [5.41, 5.74) is 10.9. The van der Waals surface area contributed by atoms with Gasteiger partial charge in [0, 0.05) is 5.92 Å². The fraction of sp³-hybridized carbons (Fsp3) is 0.457.